The third kappa shape index (κ3) is 3.40. The third-order valence-corrected chi connectivity index (χ3v) is 4.07. The van der Waals surface area contributed by atoms with Gasteiger partial charge in [0.2, 0.25) is 0 Å². The molecule has 0 aliphatic carbocycles. The summed E-state index contributed by atoms with van der Waals surface area (Å²) < 4.78 is 0. The third-order valence-electron chi connectivity index (χ3n) is 2.66. The number of hydrogen-bond acceptors (Lipinski definition) is 3. The Morgan fingerprint density at radius 3 is 2.95 bits per heavy atom. The molecule has 1 amide bonds. The van der Waals surface area contributed by atoms with E-state index in [0.717, 1.165) is 10.4 Å². The standard InChI is InChI=1S/C15H13ClN2OS/c1-10-12(16)5-2-6-13(10)18-15(19)14-8-7-11(20-14)4-3-9-17/h2,5-8H,9,17H2,1H3,(H,18,19). The Morgan fingerprint density at radius 2 is 2.20 bits per heavy atom. The van der Waals surface area contributed by atoms with Gasteiger partial charge in [-0.1, -0.05) is 29.5 Å². The Kier molecular flexibility index (Phi) is 4.80. The second-order valence-corrected chi connectivity index (χ2v) is 5.53. The zero-order valence-corrected chi connectivity index (χ0v) is 12.4. The lowest BCUT2D eigenvalue weighted by Gasteiger charge is -2.08. The van der Waals surface area contributed by atoms with Crippen molar-refractivity contribution < 1.29 is 4.79 Å². The van der Waals surface area contributed by atoms with Crippen molar-refractivity contribution in [3.8, 4) is 11.8 Å². The van der Waals surface area contributed by atoms with Crippen LogP contribution in [0.25, 0.3) is 0 Å². The summed E-state index contributed by atoms with van der Waals surface area (Å²) in [6.45, 7) is 2.17. The number of carbonyl (C=O) groups is 1. The summed E-state index contributed by atoms with van der Waals surface area (Å²) >= 11 is 7.36. The second-order valence-electron chi connectivity index (χ2n) is 4.04. The van der Waals surface area contributed by atoms with Gasteiger partial charge in [0.15, 0.2) is 0 Å². The van der Waals surface area contributed by atoms with Crippen LogP contribution in [0.1, 0.15) is 20.1 Å². The van der Waals surface area contributed by atoms with Crippen LogP contribution in [0.4, 0.5) is 5.69 Å². The molecule has 0 atom stereocenters. The number of benzene rings is 1. The fourth-order valence-electron chi connectivity index (χ4n) is 1.59. The number of hydrogen-bond donors (Lipinski definition) is 2. The average Bonchev–Trinajstić information content (AvgIpc) is 2.90. The SMILES string of the molecule is Cc1c(Cl)cccc1NC(=O)c1ccc(C#CCN)s1. The minimum Gasteiger partial charge on any atom is -0.321 e. The van der Waals surface area contributed by atoms with Crippen molar-refractivity contribution in [3.05, 3.63) is 50.7 Å². The molecule has 0 unspecified atom stereocenters. The van der Waals surface area contributed by atoms with Gasteiger partial charge in [-0.05, 0) is 36.8 Å². The van der Waals surface area contributed by atoms with Gasteiger partial charge in [0.05, 0.1) is 16.3 Å². The number of halogens is 1. The highest BCUT2D eigenvalue weighted by atomic mass is 35.5. The molecule has 0 fully saturated rings. The molecule has 2 aromatic rings. The number of carbonyl (C=O) groups excluding carboxylic acids is 1. The summed E-state index contributed by atoms with van der Waals surface area (Å²) in [6.07, 6.45) is 0. The van der Waals surface area contributed by atoms with Gasteiger partial charge in [0, 0.05) is 10.7 Å². The molecule has 0 spiro atoms. The molecule has 5 heteroatoms. The van der Waals surface area contributed by atoms with E-state index in [1.165, 1.54) is 11.3 Å². The predicted octanol–water partition coefficient (Wildman–Crippen LogP) is 3.27. The van der Waals surface area contributed by atoms with Crippen LogP contribution in [-0.2, 0) is 0 Å². The van der Waals surface area contributed by atoms with Gasteiger partial charge >= 0.3 is 0 Å². The zero-order chi connectivity index (χ0) is 14.5. The molecule has 0 aliphatic rings. The summed E-state index contributed by atoms with van der Waals surface area (Å²) in [7, 11) is 0. The van der Waals surface area contributed by atoms with Crippen molar-refractivity contribution in [2.24, 2.45) is 5.73 Å². The van der Waals surface area contributed by atoms with Crippen LogP contribution >= 0.6 is 22.9 Å². The van der Waals surface area contributed by atoms with E-state index >= 15 is 0 Å². The largest absolute Gasteiger partial charge is 0.321 e. The molecule has 3 N–H and O–H groups in total. The highest BCUT2D eigenvalue weighted by molar-refractivity contribution is 7.14. The first-order valence-corrected chi connectivity index (χ1v) is 7.16. The summed E-state index contributed by atoms with van der Waals surface area (Å²) in [6, 6.07) is 8.98. The van der Waals surface area contributed by atoms with Crippen molar-refractivity contribution >= 4 is 34.5 Å². The Hall–Kier alpha value is -1.80. The van der Waals surface area contributed by atoms with Crippen LogP contribution < -0.4 is 11.1 Å². The van der Waals surface area contributed by atoms with Crippen LogP contribution in [0.15, 0.2) is 30.3 Å². The van der Waals surface area contributed by atoms with Crippen molar-refractivity contribution in [2.45, 2.75) is 6.92 Å². The first-order chi connectivity index (χ1) is 9.61. The Labute approximate surface area is 126 Å². The lowest BCUT2D eigenvalue weighted by Crippen LogP contribution is -2.11. The lowest BCUT2D eigenvalue weighted by molar-refractivity contribution is 0.103. The van der Waals surface area contributed by atoms with Crippen molar-refractivity contribution in [2.75, 3.05) is 11.9 Å². The lowest BCUT2D eigenvalue weighted by atomic mass is 10.2. The normalized spacial score (nSPS) is 9.75. The smallest absolute Gasteiger partial charge is 0.265 e. The average molecular weight is 305 g/mol. The highest BCUT2D eigenvalue weighted by Gasteiger charge is 2.11. The number of anilines is 1. The molecule has 0 radical (unpaired) electrons. The van der Waals surface area contributed by atoms with Gasteiger partial charge in [0.25, 0.3) is 5.91 Å². The van der Waals surface area contributed by atoms with Gasteiger partial charge in [-0.25, -0.2) is 0 Å². The van der Waals surface area contributed by atoms with Crippen LogP contribution in [0.3, 0.4) is 0 Å². The molecule has 0 saturated carbocycles. The first-order valence-electron chi connectivity index (χ1n) is 5.97. The molecule has 20 heavy (non-hydrogen) atoms. The monoisotopic (exact) mass is 304 g/mol. The van der Waals surface area contributed by atoms with Crippen LogP contribution in [0, 0.1) is 18.8 Å². The maximum atomic E-state index is 12.1. The summed E-state index contributed by atoms with van der Waals surface area (Å²) in [5.74, 6) is 5.50. The van der Waals surface area contributed by atoms with Crippen molar-refractivity contribution in [1.82, 2.24) is 0 Å². The van der Waals surface area contributed by atoms with E-state index < -0.39 is 0 Å². The van der Waals surface area contributed by atoms with E-state index in [0.29, 0.717) is 22.1 Å². The van der Waals surface area contributed by atoms with Gasteiger partial charge in [-0.15, -0.1) is 11.3 Å². The molecule has 0 bridgehead atoms. The summed E-state index contributed by atoms with van der Waals surface area (Å²) in [5.41, 5.74) is 6.88. The van der Waals surface area contributed by atoms with E-state index in [9.17, 15) is 4.79 Å². The highest BCUT2D eigenvalue weighted by Crippen LogP contribution is 2.24. The summed E-state index contributed by atoms with van der Waals surface area (Å²) in [5, 5.41) is 3.48. The van der Waals surface area contributed by atoms with E-state index in [1.807, 2.05) is 19.1 Å². The maximum absolute atomic E-state index is 12.1. The van der Waals surface area contributed by atoms with Crippen LogP contribution in [0.2, 0.25) is 5.02 Å². The molecule has 1 aromatic carbocycles. The molecule has 0 aliphatic heterocycles. The van der Waals surface area contributed by atoms with Crippen molar-refractivity contribution in [1.29, 1.82) is 0 Å². The minimum absolute atomic E-state index is 0.166. The van der Waals surface area contributed by atoms with Gasteiger partial charge < -0.3 is 11.1 Å². The summed E-state index contributed by atoms with van der Waals surface area (Å²) in [4.78, 5) is 13.6. The zero-order valence-electron chi connectivity index (χ0n) is 10.9. The van der Waals surface area contributed by atoms with E-state index in [2.05, 4.69) is 17.2 Å². The topological polar surface area (TPSA) is 55.1 Å². The number of nitrogens with two attached hydrogens (primary N) is 1. The van der Waals surface area contributed by atoms with Gasteiger partial charge in [-0.2, -0.15) is 0 Å². The number of rotatable bonds is 2. The van der Waals surface area contributed by atoms with Gasteiger partial charge in [-0.3, -0.25) is 4.79 Å². The van der Waals surface area contributed by atoms with E-state index in [4.69, 9.17) is 17.3 Å². The Morgan fingerprint density at radius 1 is 1.40 bits per heavy atom. The molecular formula is C15H13ClN2OS. The minimum atomic E-state index is -0.166. The Bertz CT molecular complexity index is 697. The number of amides is 1. The molecule has 1 heterocycles. The molecule has 1 aromatic heterocycles. The van der Waals surface area contributed by atoms with E-state index in [-0.39, 0.29) is 5.91 Å². The quantitative estimate of drug-likeness (QED) is 0.837. The Balaban J connectivity index is 2.16. The van der Waals surface area contributed by atoms with Crippen molar-refractivity contribution in [3.63, 3.8) is 0 Å². The predicted molar refractivity (Wildman–Crippen MR) is 84.4 cm³/mol. The first kappa shape index (κ1) is 14.6. The van der Waals surface area contributed by atoms with Gasteiger partial charge in [0.1, 0.15) is 0 Å². The molecule has 3 nitrogen and oxygen atoms in total. The van der Waals surface area contributed by atoms with Crippen LogP contribution in [-0.4, -0.2) is 12.5 Å². The number of thiophene rings is 1. The fraction of sp³-hybridized carbons (Fsp3) is 0.133. The molecule has 102 valence electrons. The maximum Gasteiger partial charge on any atom is 0.265 e. The van der Waals surface area contributed by atoms with Crippen LogP contribution in [0.5, 0.6) is 0 Å². The second kappa shape index (κ2) is 6.58. The molecule has 0 saturated heterocycles. The fourth-order valence-corrected chi connectivity index (χ4v) is 2.54. The van der Waals surface area contributed by atoms with E-state index in [1.54, 1.807) is 18.2 Å². The number of nitrogens with one attached hydrogen (secondary N) is 1. The molecule has 2 rings (SSSR count). The molecular weight excluding hydrogens is 292 g/mol.